The number of nitrogens with one attached hydrogen (secondary N) is 1. The topological polar surface area (TPSA) is 67.9 Å². The molecule has 0 saturated carbocycles. The fraction of sp³-hybridized carbons (Fsp3) is 0.190. The first-order chi connectivity index (χ1) is 14.3. The molecule has 6 nitrogen and oxygen atoms in total. The molecule has 9 heteroatoms. The Balaban J connectivity index is 1.90. The minimum atomic E-state index is -0.538. The molecule has 1 saturated heterocycles. The number of benzene rings is 2. The molecule has 0 aliphatic carbocycles. The number of nitrogens with zero attached hydrogens (tertiary/aromatic N) is 1. The molecule has 1 heterocycles. The average molecular weight is 554 g/mol. The third-order valence-electron chi connectivity index (χ3n) is 4.28. The zero-order valence-corrected chi connectivity index (χ0v) is 20.2. The van der Waals surface area contributed by atoms with Crippen molar-refractivity contribution in [2.75, 3.05) is 13.7 Å². The molecule has 0 unspecified atom stereocenters. The van der Waals surface area contributed by atoms with E-state index in [-0.39, 0.29) is 10.7 Å². The Hall–Kier alpha value is -2.23. The molecule has 2 aromatic rings. The van der Waals surface area contributed by atoms with Gasteiger partial charge in [0.2, 0.25) is 0 Å². The van der Waals surface area contributed by atoms with Gasteiger partial charge in [-0.25, -0.2) is 0 Å². The van der Waals surface area contributed by atoms with Crippen LogP contribution in [0.25, 0.3) is 6.08 Å². The Bertz CT molecular complexity index is 1040. The molecule has 3 rings (SSSR count). The minimum Gasteiger partial charge on any atom is -0.490 e. The first-order valence-electron chi connectivity index (χ1n) is 8.98. The molecule has 30 heavy (non-hydrogen) atoms. The molecule has 1 N–H and O–H groups in total. The first kappa shape index (κ1) is 22.5. The summed E-state index contributed by atoms with van der Waals surface area (Å²) in [4.78, 5) is 25.9. The van der Waals surface area contributed by atoms with E-state index in [0.29, 0.717) is 34.7 Å². The van der Waals surface area contributed by atoms with Crippen LogP contribution in [0.4, 0.5) is 0 Å². The predicted octanol–water partition coefficient (Wildman–Crippen LogP) is 4.45. The standard InChI is InChI=1S/C21H18Br2N2O4S/c1-3-28-17-9-13(8-15-19(26)24-21(30)25(2)20(15)27)16(23)10-18(17)29-11-12-4-6-14(22)7-5-12/h4-10H,3,11H2,1-2H3,(H,24,26,30)/b15-8+. The van der Waals surface area contributed by atoms with Crippen molar-refractivity contribution in [2.45, 2.75) is 13.5 Å². The van der Waals surface area contributed by atoms with E-state index in [0.717, 1.165) is 10.0 Å². The summed E-state index contributed by atoms with van der Waals surface area (Å²) in [5, 5.41) is 2.57. The zero-order chi connectivity index (χ0) is 21.8. The van der Waals surface area contributed by atoms with E-state index in [4.69, 9.17) is 21.7 Å². The highest BCUT2D eigenvalue weighted by molar-refractivity contribution is 9.10. The summed E-state index contributed by atoms with van der Waals surface area (Å²) in [5.74, 6) is 0.0522. The van der Waals surface area contributed by atoms with E-state index in [1.54, 1.807) is 12.1 Å². The van der Waals surface area contributed by atoms with Gasteiger partial charge in [0.25, 0.3) is 11.8 Å². The SMILES string of the molecule is CCOc1cc(/C=C2\C(=O)NC(=S)N(C)C2=O)c(Br)cc1OCc1ccc(Br)cc1. The third-order valence-corrected chi connectivity index (χ3v) is 5.87. The highest BCUT2D eigenvalue weighted by atomic mass is 79.9. The van der Waals surface area contributed by atoms with E-state index in [1.165, 1.54) is 18.0 Å². The quantitative estimate of drug-likeness (QED) is 0.325. The fourth-order valence-corrected chi connectivity index (χ4v) is 3.56. The molecular weight excluding hydrogens is 536 g/mol. The maximum Gasteiger partial charge on any atom is 0.265 e. The number of hydrogen-bond donors (Lipinski definition) is 1. The molecule has 0 atom stereocenters. The number of ether oxygens (including phenoxy) is 2. The molecule has 1 aliphatic rings. The van der Waals surface area contributed by atoms with Gasteiger partial charge in [-0.05, 0) is 60.6 Å². The Morgan fingerprint density at radius 2 is 1.77 bits per heavy atom. The Morgan fingerprint density at radius 1 is 1.10 bits per heavy atom. The van der Waals surface area contributed by atoms with Gasteiger partial charge in [0.1, 0.15) is 12.2 Å². The van der Waals surface area contributed by atoms with Gasteiger partial charge in [0.05, 0.1) is 6.61 Å². The minimum absolute atomic E-state index is 0.0159. The highest BCUT2D eigenvalue weighted by Gasteiger charge is 2.31. The number of carbonyl (C=O) groups is 2. The lowest BCUT2D eigenvalue weighted by Crippen LogP contribution is -2.52. The number of carbonyl (C=O) groups excluding carboxylic acids is 2. The second-order valence-electron chi connectivity index (χ2n) is 6.35. The van der Waals surface area contributed by atoms with Gasteiger partial charge in [0, 0.05) is 16.0 Å². The van der Waals surface area contributed by atoms with Crippen molar-refractivity contribution >= 4 is 67.1 Å². The molecule has 0 radical (unpaired) electrons. The van der Waals surface area contributed by atoms with Crippen LogP contribution >= 0.6 is 44.1 Å². The van der Waals surface area contributed by atoms with Crippen LogP contribution in [-0.4, -0.2) is 35.5 Å². The van der Waals surface area contributed by atoms with Crippen LogP contribution < -0.4 is 14.8 Å². The number of likely N-dealkylation sites (N-methyl/N-ethyl adjacent to an activating group) is 1. The number of amides is 2. The van der Waals surface area contributed by atoms with Crippen LogP contribution in [-0.2, 0) is 16.2 Å². The predicted molar refractivity (Wildman–Crippen MR) is 125 cm³/mol. The summed E-state index contributed by atoms with van der Waals surface area (Å²) in [6.07, 6.45) is 1.50. The van der Waals surface area contributed by atoms with Gasteiger partial charge in [-0.1, -0.05) is 44.0 Å². The van der Waals surface area contributed by atoms with Gasteiger partial charge >= 0.3 is 0 Å². The summed E-state index contributed by atoms with van der Waals surface area (Å²) in [7, 11) is 1.51. The van der Waals surface area contributed by atoms with E-state index < -0.39 is 11.8 Å². The Morgan fingerprint density at radius 3 is 2.43 bits per heavy atom. The largest absolute Gasteiger partial charge is 0.490 e. The molecule has 2 aromatic carbocycles. The molecule has 0 bridgehead atoms. The molecule has 0 spiro atoms. The molecular formula is C21H18Br2N2O4S. The molecule has 156 valence electrons. The molecule has 1 fully saturated rings. The fourth-order valence-electron chi connectivity index (χ4n) is 2.69. The first-order valence-corrected chi connectivity index (χ1v) is 11.0. The zero-order valence-electron chi connectivity index (χ0n) is 16.2. The van der Waals surface area contributed by atoms with Gasteiger partial charge in [-0.15, -0.1) is 0 Å². The second kappa shape index (κ2) is 9.72. The summed E-state index contributed by atoms with van der Waals surface area (Å²) in [6.45, 7) is 2.67. The van der Waals surface area contributed by atoms with E-state index >= 15 is 0 Å². The second-order valence-corrected chi connectivity index (χ2v) is 8.51. The normalized spacial score (nSPS) is 15.4. The van der Waals surface area contributed by atoms with Gasteiger partial charge in [0.15, 0.2) is 16.6 Å². The van der Waals surface area contributed by atoms with Crippen LogP contribution in [0.2, 0.25) is 0 Å². The van der Waals surface area contributed by atoms with Crippen LogP contribution in [0, 0.1) is 0 Å². The lowest BCUT2D eigenvalue weighted by molar-refractivity contribution is -0.128. The van der Waals surface area contributed by atoms with Crippen molar-refractivity contribution < 1.29 is 19.1 Å². The van der Waals surface area contributed by atoms with Crippen molar-refractivity contribution in [1.29, 1.82) is 0 Å². The van der Waals surface area contributed by atoms with Crippen molar-refractivity contribution in [3.8, 4) is 11.5 Å². The number of hydrogen-bond acceptors (Lipinski definition) is 5. The average Bonchev–Trinajstić information content (AvgIpc) is 2.71. The maximum absolute atomic E-state index is 12.5. The van der Waals surface area contributed by atoms with Gasteiger partial charge in [-0.3, -0.25) is 19.8 Å². The summed E-state index contributed by atoms with van der Waals surface area (Å²) in [6, 6.07) is 11.3. The van der Waals surface area contributed by atoms with Crippen molar-refractivity contribution in [1.82, 2.24) is 10.2 Å². The Labute approximate surface area is 196 Å². The number of rotatable bonds is 6. The maximum atomic E-state index is 12.5. The van der Waals surface area contributed by atoms with Crippen LogP contribution in [0.3, 0.4) is 0 Å². The van der Waals surface area contributed by atoms with Crippen LogP contribution in [0.5, 0.6) is 11.5 Å². The number of halogens is 2. The van der Waals surface area contributed by atoms with E-state index in [2.05, 4.69) is 37.2 Å². The summed E-state index contributed by atoms with van der Waals surface area (Å²) in [5.41, 5.74) is 1.60. The van der Waals surface area contributed by atoms with Crippen molar-refractivity contribution in [3.05, 3.63) is 62.0 Å². The number of thiocarbonyl (C=S) groups is 1. The van der Waals surface area contributed by atoms with Crippen molar-refractivity contribution in [2.24, 2.45) is 0 Å². The van der Waals surface area contributed by atoms with Crippen molar-refractivity contribution in [3.63, 3.8) is 0 Å². The van der Waals surface area contributed by atoms with Gasteiger partial charge in [-0.2, -0.15) is 0 Å². The Kier molecular flexibility index (Phi) is 7.27. The lowest BCUT2D eigenvalue weighted by atomic mass is 10.1. The molecule has 2 amide bonds. The highest BCUT2D eigenvalue weighted by Crippen LogP contribution is 2.35. The summed E-state index contributed by atoms with van der Waals surface area (Å²) < 4.78 is 13.3. The summed E-state index contributed by atoms with van der Waals surface area (Å²) >= 11 is 11.9. The van der Waals surface area contributed by atoms with E-state index in [9.17, 15) is 9.59 Å². The van der Waals surface area contributed by atoms with Gasteiger partial charge < -0.3 is 9.47 Å². The molecule has 0 aromatic heterocycles. The monoisotopic (exact) mass is 552 g/mol. The van der Waals surface area contributed by atoms with Crippen LogP contribution in [0.1, 0.15) is 18.1 Å². The third kappa shape index (κ3) is 5.08. The lowest BCUT2D eigenvalue weighted by Gasteiger charge is -2.25. The molecule has 1 aliphatic heterocycles. The van der Waals surface area contributed by atoms with E-state index in [1.807, 2.05) is 31.2 Å². The van der Waals surface area contributed by atoms with Crippen LogP contribution in [0.15, 0.2) is 50.9 Å². The smallest absolute Gasteiger partial charge is 0.265 e.